The fourth-order valence-corrected chi connectivity index (χ4v) is 6.09. The zero-order valence-corrected chi connectivity index (χ0v) is 23.9. The number of phenols is 1. The number of aryl methyl sites for hydroxylation is 1. The Balaban J connectivity index is 1.27. The number of halogens is 4. The van der Waals surface area contributed by atoms with E-state index in [-0.39, 0.29) is 38.7 Å². The number of amides is 2. The molecule has 0 bridgehead atoms. The number of carbonyl (C=O) groups excluding carboxylic acids is 1. The van der Waals surface area contributed by atoms with Crippen molar-refractivity contribution >= 4 is 56.6 Å². The minimum atomic E-state index is -4.32. The summed E-state index contributed by atoms with van der Waals surface area (Å²) in [5.74, 6) is -0.277. The molecule has 4 rings (SSSR count). The molecule has 0 radical (unpaired) electrons. The van der Waals surface area contributed by atoms with E-state index in [0.29, 0.717) is 17.9 Å². The molecule has 0 aliphatic heterocycles. The highest BCUT2D eigenvalue weighted by atomic mass is 32.2. The van der Waals surface area contributed by atoms with E-state index in [9.17, 15) is 35.9 Å². The molecule has 220 valence electrons. The molecule has 14 heteroatoms. The fraction of sp³-hybridized carbons (Fsp3) is 0.107. The lowest BCUT2D eigenvalue weighted by Gasteiger charge is -2.13. The number of phenolic OH excluding ortho intramolecular Hbond substituents is 1. The second kappa shape index (κ2) is 13.4. The number of aromatic hydroxyl groups is 1. The Kier molecular flexibility index (Phi) is 9.91. The van der Waals surface area contributed by atoms with Crippen LogP contribution in [0.4, 0.5) is 39.4 Å². The van der Waals surface area contributed by atoms with E-state index >= 15 is 0 Å². The largest absolute Gasteiger partial charge is 0.506 e. The van der Waals surface area contributed by atoms with Crippen LogP contribution in [0, 0.1) is 5.82 Å². The van der Waals surface area contributed by atoms with Crippen LogP contribution in [0.2, 0.25) is 0 Å². The van der Waals surface area contributed by atoms with E-state index in [1.807, 2.05) is 12.1 Å². The van der Waals surface area contributed by atoms with Crippen molar-refractivity contribution in [2.24, 2.45) is 0 Å². The molecule has 0 atom stereocenters. The Morgan fingerprint density at radius 3 is 2.05 bits per heavy atom. The summed E-state index contributed by atoms with van der Waals surface area (Å²) in [5.41, 5.74) is -2.89. The Morgan fingerprint density at radius 2 is 1.40 bits per heavy atom. The minimum absolute atomic E-state index is 0.142. The normalized spacial score (nSPS) is 11.6. The van der Waals surface area contributed by atoms with Crippen LogP contribution in [0.25, 0.3) is 0 Å². The van der Waals surface area contributed by atoms with E-state index in [1.165, 1.54) is 30.3 Å². The van der Waals surface area contributed by atoms with Crippen molar-refractivity contribution in [3.8, 4) is 5.75 Å². The predicted molar refractivity (Wildman–Crippen MR) is 157 cm³/mol. The molecule has 0 aromatic heterocycles. The Labute approximate surface area is 247 Å². The van der Waals surface area contributed by atoms with Crippen LogP contribution in [0.3, 0.4) is 0 Å². The van der Waals surface area contributed by atoms with Crippen molar-refractivity contribution < 1.29 is 35.9 Å². The van der Waals surface area contributed by atoms with Gasteiger partial charge in [-0.25, -0.2) is 17.6 Å². The summed E-state index contributed by atoms with van der Waals surface area (Å²) >= 11 is 1.41. The summed E-state index contributed by atoms with van der Waals surface area (Å²) in [6, 6.07) is 20.6. The van der Waals surface area contributed by atoms with Crippen molar-refractivity contribution in [2.45, 2.75) is 26.6 Å². The van der Waals surface area contributed by atoms with Gasteiger partial charge in [-0.3, -0.25) is 4.72 Å². The fourth-order valence-electron chi connectivity index (χ4n) is 3.59. The topological polar surface area (TPSA) is 108 Å². The third-order valence-electron chi connectivity index (χ3n) is 5.55. The molecule has 0 spiro atoms. The second-order valence-electron chi connectivity index (χ2n) is 8.69. The van der Waals surface area contributed by atoms with Crippen molar-refractivity contribution in [2.75, 3.05) is 21.1 Å². The third-order valence-corrected chi connectivity index (χ3v) is 8.69. The molecule has 0 fully saturated rings. The molecule has 2 amide bonds. The SMILES string of the molecule is O=C(Nc1ccc(SCCc2ccc(SC(F)(F)F)cc2)cc1)Nc1ccc(O)c(NS(=O)(=O)c2ccc(F)cc2)c1. The van der Waals surface area contributed by atoms with Gasteiger partial charge in [0.2, 0.25) is 0 Å². The minimum Gasteiger partial charge on any atom is -0.506 e. The van der Waals surface area contributed by atoms with Gasteiger partial charge in [-0.05, 0) is 103 Å². The quantitative estimate of drug-likeness (QED) is 0.0609. The maximum atomic E-state index is 13.1. The lowest BCUT2D eigenvalue weighted by atomic mass is 10.2. The average molecular weight is 638 g/mol. The molecule has 0 saturated carbocycles. The van der Waals surface area contributed by atoms with Crippen molar-refractivity contribution in [3.63, 3.8) is 0 Å². The first kappa shape index (κ1) is 31.1. The van der Waals surface area contributed by atoms with E-state index in [2.05, 4.69) is 15.4 Å². The molecule has 4 aromatic carbocycles. The van der Waals surface area contributed by atoms with Crippen LogP contribution in [0.1, 0.15) is 5.56 Å². The Hall–Kier alpha value is -3.88. The van der Waals surface area contributed by atoms with Gasteiger partial charge < -0.3 is 15.7 Å². The lowest BCUT2D eigenvalue weighted by molar-refractivity contribution is -0.0328. The number of carbonyl (C=O) groups is 1. The first-order valence-electron chi connectivity index (χ1n) is 12.1. The summed E-state index contributed by atoms with van der Waals surface area (Å²) in [5, 5.41) is 15.3. The van der Waals surface area contributed by atoms with Gasteiger partial charge in [-0.2, -0.15) is 13.2 Å². The number of anilines is 3. The summed E-state index contributed by atoms with van der Waals surface area (Å²) < 4.78 is 77.9. The van der Waals surface area contributed by atoms with Crippen LogP contribution in [0.15, 0.2) is 106 Å². The summed E-state index contributed by atoms with van der Waals surface area (Å²) in [7, 11) is -4.13. The number of hydrogen-bond donors (Lipinski definition) is 4. The number of rotatable bonds is 10. The van der Waals surface area contributed by atoms with Crippen molar-refractivity contribution in [3.05, 3.63) is 102 Å². The molecule has 4 N–H and O–H groups in total. The number of benzene rings is 4. The van der Waals surface area contributed by atoms with E-state index in [1.54, 1.807) is 36.0 Å². The van der Waals surface area contributed by atoms with E-state index in [4.69, 9.17) is 0 Å². The molecular weight excluding hydrogens is 615 g/mol. The van der Waals surface area contributed by atoms with Crippen molar-refractivity contribution in [1.29, 1.82) is 0 Å². The number of hydrogen-bond acceptors (Lipinski definition) is 6. The zero-order chi connectivity index (χ0) is 30.3. The number of alkyl halides is 3. The van der Waals surface area contributed by atoms with Gasteiger partial charge in [0.05, 0.1) is 10.6 Å². The molecule has 0 heterocycles. The molecule has 7 nitrogen and oxygen atoms in total. The standard InChI is InChI=1S/C28H23F4N3O4S3/c29-19-3-12-24(13-4-19)42(38,39)35-25-17-21(7-14-26(25)36)34-27(37)33-20-5-10-22(11-6-20)40-16-15-18-1-8-23(9-2-18)41-28(30,31)32/h1-14,17,35-36H,15-16H2,(H2,33,34,37). The highest BCUT2D eigenvalue weighted by Gasteiger charge is 2.29. The molecule has 0 saturated heterocycles. The monoisotopic (exact) mass is 637 g/mol. The molecule has 42 heavy (non-hydrogen) atoms. The maximum absolute atomic E-state index is 13.1. The highest BCUT2D eigenvalue weighted by Crippen LogP contribution is 2.37. The number of thioether (sulfide) groups is 2. The third kappa shape index (κ3) is 9.33. The van der Waals surface area contributed by atoms with Gasteiger partial charge in [-0.1, -0.05) is 12.1 Å². The predicted octanol–water partition coefficient (Wildman–Crippen LogP) is 7.92. The summed E-state index contributed by atoms with van der Waals surface area (Å²) in [6.07, 6.45) is 0.665. The van der Waals surface area contributed by atoms with E-state index in [0.717, 1.165) is 34.7 Å². The maximum Gasteiger partial charge on any atom is 0.446 e. The van der Waals surface area contributed by atoms with Crippen LogP contribution in [-0.4, -0.2) is 30.8 Å². The molecule has 0 aliphatic rings. The van der Waals surface area contributed by atoms with Gasteiger partial charge in [0.15, 0.2) is 0 Å². The molecule has 4 aromatic rings. The van der Waals surface area contributed by atoms with Crippen molar-refractivity contribution in [1.82, 2.24) is 0 Å². The Bertz CT molecular complexity index is 1630. The van der Waals surface area contributed by atoms with Gasteiger partial charge in [0, 0.05) is 26.9 Å². The average Bonchev–Trinajstić information content (AvgIpc) is 2.92. The van der Waals surface area contributed by atoms with Crippen LogP contribution < -0.4 is 15.4 Å². The Morgan fingerprint density at radius 1 is 0.810 bits per heavy atom. The van der Waals surface area contributed by atoms with Crippen LogP contribution in [-0.2, 0) is 16.4 Å². The molecule has 0 aliphatic carbocycles. The summed E-state index contributed by atoms with van der Waals surface area (Å²) in [4.78, 5) is 13.4. The smallest absolute Gasteiger partial charge is 0.446 e. The number of sulfonamides is 1. The first-order chi connectivity index (χ1) is 19.9. The highest BCUT2D eigenvalue weighted by molar-refractivity contribution is 8.00. The molecular formula is C28H23F4N3O4S3. The zero-order valence-electron chi connectivity index (χ0n) is 21.5. The van der Waals surface area contributed by atoms with E-state index < -0.39 is 27.4 Å². The van der Waals surface area contributed by atoms with Gasteiger partial charge in [0.25, 0.3) is 10.0 Å². The van der Waals surface area contributed by atoms with Crippen LogP contribution >= 0.6 is 23.5 Å². The van der Waals surface area contributed by atoms with Gasteiger partial charge >= 0.3 is 11.5 Å². The number of nitrogens with one attached hydrogen (secondary N) is 3. The van der Waals surface area contributed by atoms with Gasteiger partial charge in [0.1, 0.15) is 11.6 Å². The van der Waals surface area contributed by atoms with Gasteiger partial charge in [-0.15, -0.1) is 11.8 Å². The summed E-state index contributed by atoms with van der Waals surface area (Å²) in [6.45, 7) is 0. The first-order valence-corrected chi connectivity index (χ1v) is 15.4. The van der Waals surface area contributed by atoms with Crippen LogP contribution in [0.5, 0.6) is 5.75 Å². The lowest BCUT2D eigenvalue weighted by Crippen LogP contribution is -2.19. The molecule has 0 unspecified atom stereocenters. The number of urea groups is 1. The second-order valence-corrected chi connectivity index (χ2v) is 12.7.